The van der Waals surface area contributed by atoms with E-state index in [1.165, 1.54) is 64.5 Å². The second kappa shape index (κ2) is 9.58. The van der Waals surface area contributed by atoms with E-state index in [-0.39, 0.29) is 0 Å². The number of piperidine rings is 1. The summed E-state index contributed by atoms with van der Waals surface area (Å²) >= 11 is 6.50. The molecule has 164 valence electrons. The van der Waals surface area contributed by atoms with Crippen molar-refractivity contribution in [1.82, 2.24) is 20.3 Å². The lowest BCUT2D eigenvalue weighted by Gasteiger charge is -2.31. The fraction of sp³-hybridized carbons (Fsp3) is 0.520. The first kappa shape index (κ1) is 20.8. The fourth-order valence-corrected chi connectivity index (χ4v) is 5.59. The van der Waals surface area contributed by atoms with Gasteiger partial charge in [0.05, 0.1) is 16.9 Å². The van der Waals surface area contributed by atoms with Gasteiger partial charge in [-0.05, 0) is 56.7 Å². The highest BCUT2D eigenvalue weighted by Crippen LogP contribution is 2.34. The zero-order chi connectivity index (χ0) is 21.0. The van der Waals surface area contributed by atoms with Crippen LogP contribution in [0.25, 0.3) is 22.2 Å². The number of anilines is 1. The molecule has 0 amide bonds. The average molecular weight is 438 g/mol. The van der Waals surface area contributed by atoms with Crippen molar-refractivity contribution in [3.8, 4) is 11.3 Å². The molecule has 3 heterocycles. The zero-order valence-electron chi connectivity index (χ0n) is 18.0. The number of aromatic nitrogens is 3. The van der Waals surface area contributed by atoms with Crippen LogP contribution in [0, 0.1) is 11.8 Å². The van der Waals surface area contributed by atoms with Crippen molar-refractivity contribution < 1.29 is 0 Å². The molecule has 6 heteroatoms. The maximum atomic E-state index is 6.50. The largest absolute Gasteiger partial charge is 0.360 e. The van der Waals surface area contributed by atoms with Gasteiger partial charge in [0.25, 0.3) is 0 Å². The first-order chi connectivity index (χ1) is 15.3. The summed E-state index contributed by atoms with van der Waals surface area (Å²) in [6.45, 7) is 2.40. The van der Waals surface area contributed by atoms with Gasteiger partial charge in [-0.2, -0.15) is 0 Å². The first-order valence-electron chi connectivity index (χ1n) is 11.8. The van der Waals surface area contributed by atoms with Gasteiger partial charge in [-0.15, -0.1) is 0 Å². The highest BCUT2D eigenvalue weighted by Gasteiger charge is 2.24. The Morgan fingerprint density at radius 3 is 2.77 bits per heavy atom. The predicted octanol–water partition coefficient (Wildman–Crippen LogP) is 6.03. The van der Waals surface area contributed by atoms with E-state index in [2.05, 4.69) is 32.7 Å². The lowest BCUT2D eigenvalue weighted by Crippen LogP contribution is -2.30. The van der Waals surface area contributed by atoms with Gasteiger partial charge in [0.15, 0.2) is 0 Å². The summed E-state index contributed by atoms with van der Waals surface area (Å²) in [4.78, 5) is 12.6. The second-order valence-corrected chi connectivity index (χ2v) is 9.69. The van der Waals surface area contributed by atoms with Gasteiger partial charge in [-0.25, -0.2) is 9.97 Å². The smallest absolute Gasteiger partial charge is 0.223 e. The number of H-pyrrole nitrogens is 1. The number of nitrogens with one attached hydrogen (secondary N) is 3. The minimum Gasteiger partial charge on any atom is -0.360 e. The molecule has 2 fully saturated rings. The quantitative estimate of drug-likeness (QED) is 0.440. The number of hydrogen-bond donors (Lipinski definition) is 3. The number of para-hydroxylation sites is 1. The highest BCUT2D eigenvalue weighted by molar-refractivity contribution is 6.33. The van der Waals surface area contributed by atoms with Crippen LogP contribution in [0.2, 0.25) is 5.02 Å². The van der Waals surface area contributed by atoms with Crippen molar-refractivity contribution in [2.24, 2.45) is 11.8 Å². The molecule has 2 atom stereocenters. The first-order valence-corrected chi connectivity index (χ1v) is 12.2. The van der Waals surface area contributed by atoms with E-state index in [0.717, 1.165) is 34.0 Å². The third kappa shape index (κ3) is 4.88. The normalized spacial score (nSPS) is 22.6. The van der Waals surface area contributed by atoms with Gasteiger partial charge >= 0.3 is 0 Å². The van der Waals surface area contributed by atoms with Gasteiger partial charge in [0, 0.05) is 28.7 Å². The minimum absolute atomic E-state index is 0.448. The maximum Gasteiger partial charge on any atom is 0.223 e. The van der Waals surface area contributed by atoms with Crippen molar-refractivity contribution >= 4 is 28.5 Å². The molecule has 5 rings (SSSR count). The number of fused-ring (bicyclic) bond motifs is 1. The van der Waals surface area contributed by atoms with Gasteiger partial charge in [-0.3, -0.25) is 0 Å². The van der Waals surface area contributed by atoms with Gasteiger partial charge in [0.1, 0.15) is 0 Å². The number of aromatic amines is 1. The molecule has 0 spiro atoms. The molecule has 1 aliphatic heterocycles. The Kier molecular flexibility index (Phi) is 6.42. The Labute approximate surface area is 189 Å². The third-order valence-corrected chi connectivity index (χ3v) is 7.42. The van der Waals surface area contributed by atoms with E-state index >= 15 is 0 Å². The van der Waals surface area contributed by atoms with Crippen LogP contribution in [0.15, 0.2) is 36.7 Å². The third-order valence-electron chi connectivity index (χ3n) is 7.15. The summed E-state index contributed by atoms with van der Waals surface area (Å²) in [5.41, 5.74) is 2.90. The second-order valence-electron chi connectivity index (χ2n) is 9.28. The Balaban J connectivity index is 1.25. The van der Waals surface area contributed by atoms with Crippen molar-refractivity contribution in [2.75, 3.05) is 18.4 Å². The van der Waals surface area contributed by atoms with E-state index in [1.807, 2.05) is 18.3 Å². The molecule has 1 saturated heterocycles. The molecule has 31 heavy (non-hydrogen) atoms. The highest BCUT2D eigenvalue weighted by atomic mass is 35.5. The fourth-order valence-electron chi connectivity index (χ4n) is 5.40. The molecule has 3 N–H and O–H groups in total. The molecule has 0 unspecified atom stereocenters. The van der Waals surface area contributed by atoms with Crippen LogP contribution in [0.4, 0.5) is 5.95 Å². The molecule has 1 aliphatic carbocycles. The molecule has 5 nitrogen and oxygen atoms in total. The predicted molar refractivity (Wildman–Crippen MR) is 129 cm³/mol. The number of hydrogen-bond acceptors (Lipinski definition) is 4. The minimum atomic E-state index is 0.448. The molecule has 3 aromatic rings. The number of nitrogens with zero attached hydrogens (tertiary/aromatic N) is 2. The monoisotopic (exact) mass is 437 g/mol. The summed E-state index contributed by atoms with van der Waals surface area (Å²) in [6.07, 6.45) is 14.2. The van der Waals surface area contributed by atoms with Crippen LogP contribution in [-0.4, -0.2) is 34.1 Å². The zero-order valence-corrected chi connectivity index (χ0v) is 18.8. The topological polar surface area (TPSA) is 65.6 Å². The van der Waals surface area contributed by atoms with Gasteiger partial charge < -0.3 is 15.6 Å². The molecule has 1 saturated carbocycles. The summed E-state index contributed by atoms with van der Waals surface area (Å²) in [7, 11) is 0. The lowest BCUT2D eigenvalue weighted by atomic mass is 9.80. The van der Waals surface area contributed by atoms with E-state index in [9.17, 15) is 0 Å². The summed E-state index contributed by atoms with van der Waals surface area (Å²) < 4.78 is 0. The van der Waals surface area contributed by atoms with Crippen LogP contribution in [-0.2, 0) is 0 Å². The molecular formula is C25H32ClN5. The van der Waals surface area contributed by atoms with E-state index in [1.54, 1.807) is 6.20 Å². The number of rotatable bonds is 6. The van der Waals surface area contributed by atoms with Crippen LogP contribution in [0.1, 0.15) is 51.4 Å². The van der Waals surface area contributed by atoms with Gasteiger partial charge in [0.2, 0.25) is 5.95 Å². The molecule has 0 radical (unpaired) electrons. The standard InChI is InChI=1S/C25H32ClN5/c26-22-16-29-25(31-24(22)21-15-28-23-7-2-1-6-20(21)23)30-19-5-3-4-18(14-19)9-8-17-10-12-27-13-11-17/h1-2,6-7,15-19,27-28H,3-5,8-14H2,(H,29,30,31)/t18-,19-/m1/s1. The molecule has 1 aromatic carbocycles. The van der Waals surface area contributed by atoms with Crippen molar-refractivity contribution in [3.63, 3.8) is 0 Å². The number of benzene rings is 1. The Morgan fingerprint density at radius 2 is 1.87 bits per heavy atom. The summed E-state index contributed by atoms with van der Waals surface area (Å²) in [5, 5.41) is 8.82. The molecule has 2 aliphatic rings. The SMILES string of the molecule is Clc1cnc(N[C@@H]2CCC[C@H](CCC3CCNCC3)C2)nc1-c1c[nH]c2ccccc12. The van der Waals surface area contributed by atoms with Crippen LogP contribution >= 0.6 is 11.6 Å². The van der Waals surface area contributed by atoms with Crippen molar-refractivity contribution in [3.05, 3.63) is 41.7 Å². The van der Waals surface area contributed by atoms with E-state index in [4.69, 9.17) is 16.6 Å². The molecular weight excluding hydrogens is 406 g/mol. The Hall–Kier alpha value is -2.11. The lowest BCUT2D eigenvalue weighted by molar-refractivity contribution is 0.269. The van der Waals surface area contributed by atoms with E-state index in [0.29, 0.717) is 17.0 Å². The van der Waals surface area contributed by atoms with Gasteiger partial charge in [-0.1, -0.05) is 55.5 Å². The van der Waals surface area contributed by atoms with Crippen LogP contribution < -0.4 is 10.6 Å². The van der Waals surface area contributed by atoms with Crippen molar-refractivity contribution in [1.29, 1.82) is 0 Å². The average Bonchev–Trinajstić information content (AvgIpc) is 3.24. The Morgan fingerprint density at radius 1 is 1.03 bits per heavy atom. The maximum absolute atomic E-state index is 6.50. The van der Waals surface area contributed by atoms with Crippen LogP contribution in [0.3, 0.4) is 0 Å². The van der Waals surface area contributed by atoms with Crippen LogP contribution in [0.5, 0.6) is 0 Å². The summed E-state index contributed by atoms with van der Waals surface area (Å²) in [6, 6.07) is 8.69. The molecule has 2 aromatic heterocycles. The van der Waals surface area contributed by atoms with E-state index < -0.39 is 0 Å². The molecule has 0 bridgehead atoms. The number of halogens is 1. The summed E-state index contributed by atoms with van der Waals surface area (Å²) in [5.74, 6) is 2.43. The van der Waals surface area contributed by atoms with Crippen molar-refractivity contribution in [2.45, 2.75) is 57.4 Å². The Bertz CT molecular complexity index is 1010.